The Bertz CT molecular complexity index is 419. The first kappa shape index (κ1) is 12.9. The van der Waals surface area contributed by atoms with Gasteiger partial charge in [0.2, 0.25) is 5.91 Å². The maximum Gasteiger partial charge on any atom is 0.224 e. The number of likely N-dealkylation sites (tertiary alicyclic amines) is 1. The number of anilines is 2. The molecule has 18 heavy (non-hydrogen) atoms. The second-order valence-electron chi connectivity index (χ2n) is 4.87. The van der Waals surface area contributed by atoms with Gasteiger partial charge < -0.3 is 15.5 Å². The van der Waals surface area contributed by atoms with Crippen LogP contribution in [-0.4, -0.2) is 37.0 Å². The van der Waals surface area contributed by atoms with Crippen molar-refractivity contribution in [2.75, 3.05) is 30.8 Å². The van der Waals surface area contributed by atoms with E-state index in [2.05, 4.69) is 22.6 Å². The molecule has 1 aliphatic rings. The van der Waals surface area contributed by atoms with Gasteiger partial charge in [0.25, 0.3) is 0 Å². The summed E-state index contributed by atoms with van der Waals surface area (Å²) in [4.78, 5) is 13.7. The highest BCUT2D eigenvalue weighted by atomic mass is 16.1. The number of carbonyl (C=O) groups is 1. The maximum atomic E-state index is 11.3. The summed E-state index contributed by atoms with van der Waals surface area (Å²) in [7, 11) is 2.14. The van der Waals surface area contributed by atoms with Gasteiger partial charge in [-0.15, -0.1) is 0 Å². The molecule has 0 spiro atoms. The molecule has 1 saturated heterocycles. The van der Waals surface area contributed by atoms with Crippen molar-refractivity contribution >= 4 is 17.3 Å². The van der Waals surface area contributed by atoms with E-state index in [9.17, 15) is 4.79 Å². The second-order valence-corrected chi connectivity index (χ2v) is 4.87. The van der Waals surface area contributed by atoms with Gasteiger partial charge in [0.1, 0.15) is 0 Å². The first-order chi connectivity index (χ1) is 8.67. The number of hydrogen-bond donors (Lipinski definition) is 2. The molecular weight excluding hydrogens is 226 g/mol. The molecule has 1 unspecified atom stereocenters. The molecule has 0 saturated carbocycles. The van der Waals surface area contributed by atoms with E-state index in [0.717, 1.165) is 24.5 Å². The molecule has 1 aromatic carbocycles. The number of likely N-dealkylation sites (N-methyl/N-ethyl adjacent to an activating group) is 1. The molecule has 1 heterocycles. The van der Waals surface area contributed by atoms with Crippen LogP contribution in [0, 0.1) is 0 Å². The normalized spacial score (nSPS) is 19.8. The third kappa shape index (κ3) is 3.47. The fraction of sp³-hybridized carbons (Fsp3) is 0.500. The number of hydrogen-bond acceptors (Lipinski definition) is 3. The van der Waals surface area contributed by atoms with Crippen molar-refractivity contribution in [3.8, 4) is 0 Å². The summed E-state index contributed by atoms with van der Waals surface area (Å²) in [6.07, 6.45) is 1.67. The number of nitrogens with zero attached hydrogens (tertiary/aromatic N) is 1. The summed E-state index contributed by atoms with van der Waals surface area (Å²) in [5.74, 6) is 0.0488. The van der Waals surface area contributed by atoms with Crippen LogP contribution < -0.4 is 10.6 Å². The Hall–Kier alpha value is -1.55. The van der Waals surface area contributed by atoms with Crippen molar-refractivity contribution < 1.29 is 4.79 Å². The summed E-state index contributed by atoms with van der Waals surface area (Å²) in [5.41, 5.74) is 1.93. The Balaban J connectivity index is 1.96. The van der Waals surface area contributed by atoms with Crippen LogP contribution in [-0.2, 0) is 4.79 Å². The maximum absolute atomic E-state index is 11.3. The van der Waals surface area contributed by atoms with Crippen molar-refractivity contribution in [1.29, 1.82) is 0 Å². The van der Waals surface area contributed by atoms with Crippen LogP contribution in [0.5, 0.6) is 0 Å². The van der Waals surface area contributed by atoms with Crippen LogP contribution in [0.3, 0.4) is 0 Å². The number of benzene rings is 1. The Labute approximate surface area is 108 Å². The minimum Gasteiger partial charge on any atom is -0.381 e. The molecule has 4 nitrogen and oxygen atoms in total. The van der Waals surface area contributed by atoms with Crippen LogP contribution in [0.2, 0.25) is 0 Å². The van der Waals surface area contributed by atoms with Gasteiger partial charge in [-0.25, -0.2) is 0 Å². The molecule has 0 bridgehead atoms. The average Bonchev–Trinajstić information content (AvgIpc) is 2.75. The molecule has 98 valence electrons. The van der Waals surface area contributed by atoms with E-state index in [4.69, 9.17) is 0 Å². The van der Waals surface area contributed by atoms with Gasteiger partial charge in [0.15, 0.2) is 0 Å². The number of carbonyl (C=O) groups excluding carboxylic acids is 1. The molecule has 1 aliphatic heterocycles. The van der Waals surface area contributed by atoms with E-state index in [1.807, 2.05) is 31.2 Å². The highest BCUT2D eigenvalue weighted by Crippen LogP contribution is 2.18. The van der Waals surface area contributed by atoms with Crippen LogP contribution in [0.1, 0.15) is 19.8 Å². The fourth-order valence-electron chi connectivity index (χ4n) is 2.22. The largest absolute Gasteiger partial charge is 0.381 e. The lowest BCUT2D eigenvalue weighted by Crippen LogP contribution is -2.23. The zero-order valence-electron chi connectivity index (χ0n) is 11.1. The molecular formula is C14H21N3O. The minimum absolute atomic E-state index is 0.0488. The van der Waals surface area contributed by atoms with E-state index in [1.54, 1.807) is 0 Å². The zero-order valence-corrected chi connectivity index (χ0v) is 11.1. The molecule has 0 aliphatic carbocycles. The third-order valence-corrected chi connectivity index (χ3v) is 3.23. The van der Waals surface area contributed by atoms with Crippen molar-refractivity contribution in [3.63, 3.8) is 0 Å². The predicted octanol–water partition coefficient (Wildman–Crippen LogP) is 2.15. The predicted molar refractivity (Wildman–Crippen MR) is 74.9 cm³/mol. The molecule has 1 amide bonds. The molecule has 2 N–H and O–H groups in total. The zero-order chi connectivity index (χ0) is 13.0. The summed E-state index contributed by atoms with van der Waals surface area (Å²) in [6, 6.07) is 8.42. The SMILES string of the molecule is CCC(=O)Nc1cccc(NC2CCN(C)C2)c1. The average molecular weight is 247 g/mol. The molecule has 4 heteroatoms. The molecule has 0 aromatic heterocycles. The van der Waals surface area contributed by atoms with Crippen LogP contribution in [0.25, 0.3) is 0 Å². The number of nitrogens with one attached hydrogen (secondary N) is 2. The van der Waals surface area contributed by atoms with Crippen molar-refractivity contribution in [1.82, 2.24) is 4.90 Å². The molecule has 0 radical (unpaired) electrons. The summed E-state index contributed by atoms with van der Waals surface area (Å²) in [6.45, 7) is 4.07. The number of rotatable bonds is 4. The Kier molecular flexibility index (Phi) is 4.20. The third-order valence-electron chi connectivity index (χ3n) is 3.23. The number of amides is 1. The van der Waals surface area contributed by atoms with Crippen molar-refractivity contribution in [2.45, 2.75) is 25.8 Å². The Morgan fingerprint density at radius 1 is 1.44 bits per heavy atom. The van der Waals surface area contributed by atoms with E-state index >= 15 is 0 Å². The fourth-order valence-corrected chi connectivity index (χ4v) is 2.22. The topological polar surface area (TPSA) is 44.4 Å². The van der Waals surface area contributed by atoms with E-state index < -0.39 is 0 Å². The first-order valence-corrected chi connectivity index (χ1v) is 6.52. The van der Waals surface area contributed by atoms with E-state index in [0.29, 0.717) is 12.5 Å². The lowest BCUT2D eigenvalue weighted by atomic mass is 10.2. The highest BCUT2D eigenvalue weighted by Gasteiger charge is 2.18. The van der Waals surface area contributed by atoms with Gasteiger partial charge >= 0.3 is 0 Å². The quantitative estimate of drug-likeness (QED) is 0.857. The summed E-state index contributed by atoms with van der Waals surface area (Å²) in [5, 5.41) is 6.39. The Morgan fingerprint density at radius 3 is 2.89 bits per heavy atom. The second kappa shape index (κ2) is 5.87. The van der Waals surface area contributed by atoms with Gasteiger partial charge in [-0.2, -0.15) is 0 Å². The smallest absolute Gasteiger partial charge is 0.224 e. The summed E-state index contributed by atoms with van der Waals surface area (Å²) >= 11 is 0. The van der Waals surface area contributed by atoms with Gasteiger partial charge in [0, 0.05) is 30.4 Å². The lowest BCUT2D eigenvalue weighted by Gasteiger charge is -2.15. The minimum atomic E-state index is 0.0488. The van der Waals surface area contributed by atoms with Crippen LogP contribution >= 0.6 is 0 Å². The van der Waals surface area contributed by atoms with E-state index in [-0.39, 0.29) is 5.91 Å². The molecule has 1 atom stereocenters. The van der Waals surface area contributed by atoms with Crippen LogP contribution in [0.15, 0.2) is 24.3 Å². The van der Waals surface area contributed by atoms with Gasteiger partial charge in [0.05, 0.1) is 0 Å². The molecule has 1 aromatic rings. The van der Waals surface area contributed by atoms with Crippen molar-refractivity contribution in [2.24, 2.45) is 0 Å². The standard InChI is InChI=1S/C14H21N3O/c1-3-14(18)16-12-6-4-5-11(9-12)15-13-7-8-17(2)10-13/h4-6,9,13,15H,3,7-8,10H2,1-2H3,(H,16,18). The van der Waals surface area contributed by atoms with E-state index in [1.165, 1.54) is 6.42 Å². The summed E-state index contributed by atoms with van der Waals surface area (Å²) < 4.78 is 0. The monoisotopic (exact) mass is 247 g/mol. The molecule has 2 rings (SSSR count). The van der Waals surface area contributed by atoms with Crippen molar-refractivity contribution in [3.05, 3.63) is 24.3 Å². The molecule has 1 fully saturated rings. The van der Waals surface area contributed by atoms with Gasteiger partial charge in [-0.1, -0.05) is 13.0 Å². The first-order valence-electron chi connectivity index (χ1n) is 6.52. The van der Waals surface area contributed by atoms with Crippen LogP contribution in [0.4, 0.5) is 11.4 Å². The van der Waals surface area contributed by atoms with Gasteiger partial charge in [-0.3, -0.25) is 4.79 Å². The van der Waals surface area contributed by atoms with Gasteiger partial charge in [-0.05, 0) is 38.2 Å². The Morgan fingerprint density at radius 2 is 2.22 bits per heavy atom. The highest BCUT2D eigenvalue weighted by molar-refractivity contribution is 5.90. The lowest BCUT2D eigenvalue weighted by molar-refractivity contribution is -0.115.